The summed E-state index contributed by atoms with van der Waals surface area (Å²) >= 11 is 6.08. The van der Waals surface area contributed by atoms with E-state index in [1.807, 2.05) is 50.2 Å². The van der Waals surface area contributed by atoms with E-state index in [1.165, 1.54) is 0 Å². The number of halogens is 2. The molecule has 3 N–H and O–H groups in total. The van der Waals surface area contributed by atoms with Gasteiger partial charge in [0.05, 0.1) is 19.0 Å². The van der Waals surface area contributed by atoms with Crippen molar-refractivity contribution in [1.29, 1.82) is 0 Å². The highest BCUT2D eigenvalue weighted by Crippen LogP contribution is 2.32. The molecule has 0 saturated heterocycles. The van der Waals surface area contributed by atoms with Gasteiger partial charge in [0.2, 0.25) is 11.8 Å². The van der Waals surface area contributed by atoms with Gasteiger partial charge in [-0.25, -0.2) is 0 Å². The largest absolute Gasteiger partial charge is 0.325 e. The van der Waals surface area contributed by atoms with Gasteiger partial charge in [-0.3, -0.25) is 9.59 Å². The van der Waals surface area contributed by atoms with E-state index in [4.69, 9.17) is 17.3 Å². The number of carbonyl (C=O) groups is 2. The van der Waals surface area contributed by atoms with Crippen molar-refractivity contribution in [3.8, 4) is 0 Å². The number of hydrogen-bond acceptors (Lipinski definition) is 3. The molecule has 2 aromatic carbocycles. The number of nitrogens with zero attached hydrogens (tertiary/aromatic N) is 1. The zero-order valence-electron chi connectivity index (χ0n) is 15.9. The van der Waals surface area contributed by atoms with E-state index in [0.717, 1.165) is 16.8 Å². The van der Waals surface area contributed by atoms with E-state index >= 15 is 0 Å². The molecular weight excluding hydrogens is 397 g/mol. The molecule has 1 atom stereocenters. The molecule has 1 heterocycles. The lowest BCUT2D eigenvalue weighted by atomic mass is 10.0. The zero-order valence-corrected chi connectivity index (χ0v) is 17.5. The molecule has 28 heavy (non-hydrogen) atoms. The van der Waals surface area contributed by atoms with Crippen LogP contribution < -0.4 is 16.0 Å². The quantitative estimate of drug-likeness (QED) is 0.734. The van der Waals surface area contributed by atoms with Crippen molar-refractivity contribution in [2.24, 2.45) is 11.7 Å². The van der Waals surface area contributed by atoms with Crippen LogP contribution in [0.15, 0.2) is 42.5 Å². The van der Waals surface area contributed by atoms with Crippen molar-refractivity contribution in [1.82, 2.24) is 0 Å². The number of benzene rings is 2. The Hall–Kier alpha value is -2.08. The van der Waals surface area contributed by atoms with Crippen LogP contribution in [-0.4, -0.2) is 17.9 Å². The van der Waals surface area contributed by atoms with E-state index in [0.29, 0.717) is 36.0 Å². The Labute approximate surface area is 176 Å². The normalized spacial score (nSPS) is 13.9. The van der Waals surface area contributed by atoms with Gasteiger partial charge >= 0.3 is 0 Å². The second kappa shape index (κ2) is 9.41. The van der Waals surface area contributed by atoms with Crippen molar-refractivity contribution >= 4 is 47.2 Å². The molecule has 2 amide bonds. The first-order valence-electron chi connectivity index (χ1n) is 9.07. The number of amides is 2. The third-order valence-corrected chi connectivity index (χ3v) is 4.84. The topological polar surface area (TPSA) is 75.4 Å². The Morgan fingerprint density at radius 1 is 1.21 bits per heavy atom. The van der Waals surface area contributed by atoms with E-state index < -0.39 is 6.04 Å². The molecule has 3 rings (SSSR count). The molecule has 0 aliphatic carbocycles. The standard InChI is InChI=1S/C21H24ClN3O2.ClH/c1-13(2)9-18(23)21(27)24-17-7-3-14(4-8-17)12-25-19-11-16(22)6-5-15(19)10-20(25)26;/h3-8,11,13,18H,9-10,12,23H2,1-2H3,(H,24,27);1H/t18-;/m0./s1. The first-order valence-corrected chi connectivity index (χ1v) is 9.45. The van der Waals surface area contributed by atoms with E-state index in [9.17, 15) is 9.59 Å². The van der Waals surface area contributed by atoms with Crippen molar-refractivity contribution in [2.75, 3.05) is 10.2 Å². The molecule has 0 fully saturated rings. The second-order valence-electron chi connectivity index (χ2n) is 7.35. The molecule has 0 radical (unpaired) electrons. The van der Waals surface area contributed by atoms with Gasteiger partial charge in [-0.15, -0.1) is 12.4 Å². The molecule has 1 aliphatic rings. The van der Waals surface area contributed by atoms with Gasteiger partial charge in [0.15, 0.2) is 0 Å². The summed E-state index contributed by atoms with van der Waals surface area (Å²) in [7, 11) is 0. The highest BCUT2D eigenvalue weighted by molar-refractivity contribution is 6.31. The van der Waals surface area contributed by atoms with Gasteiger partial charge < -0.3 is 16.0 Å². The molecule has 0 saturated carbocycles. The molecule has 5 nitrogen and oxygen atoms in total. The molecule has 1 aliphatic heterocycles. The lowest BCUT2D eigenvalue weighted by molar-refractivity contribution is -0.118. The smallest absolute Gasteiger partial charge is 0.241 e. The van der Waals surface area contributed by atoms with Gasteiger partial charge in [0, 0.05) is 16.4 Å². The number of hydrogen-bond donors (Lipinski definition) is 2. The highest BCUT2D eigenvalue weighted by atomic mass is 35.5. The molecule has 0 aromatic heterocycles. The number of nitrogens with one attached hydrogen (secondary N) is 1. The van der Waals surface area contributed by atoms with Crippen LogP contribution in [0.1, 0.15) is 31.4 Å². The highest BCUT2D eigenvalue weighted by Gasteiger charge is 2.27. The van der Waals surface area contributed by atoms with Crippen LogP contribution in [0.4, 0.5) is 11.4 Å². The van der Waals surface area contributed by atoms with Gasteiger partial charge in [0.25, 0.3) is 0 Å². The van der Waals surface area contributed by atoms with Crippen molar-refractivity contribution in [3.05, 3.63) is 58.6 Å². The molecule has 0 unspecified atom stereocenters. The summed E-state index contributed by atoms with van der Waals surface area (Å²) < 4.78 is 0. The summed E-state index contributed by atoms with van der Waals surface area (Å²) in [6.45, 7) is 4.53. The minimum Gasteiger partial charge on any atom is -0.325 e. The number of nitrogens with two attached hydrogens (primary N) is 1. The Morgan fingerprint density at radius 2 is 1.89 bits per heavy atom. The van der Waals surface area contributed by atoms with Gasteiger partial charge in [-0.2, -0.15) is 0 Å². The van der Waals surface area contributed by atoms with Crippen LogP contribution in [0.3, 0.4) is 0 Å². The Balaban J connectivity index is 0.00000280. The fourth-order valence-electron chi connectivity index (χ4n) is 3.23. The Bertz CT molecular complexity index is 853. The average molecular weight is 422 g/mol. The number of rotatable bonds is 6. The first-order chi connectivity index (χ1) is 12.8. The summed E-state index contributed by atoms with van der Waals surface area (Å²) in [5.74, 6) is 0.238. The van der Waals surface area contributed by atoms with Crippen molar-refractivity contribution < 1.29 is 9.59 Å². The number of fused-ring (bicyclic) bond motifs is 1. The summed E-state index contributed by atoms with van der Waals surface area (Å²) in [5, 5.41) is 3.45. The third-order valence-electron chi connectivity index (χ3n) is 4.61. The first kappa shape index (κ1) is 22.2. The zero-order chi connectivity index (χ0) is 19.6. The molecule has 150 valence electrons. The summed E-state index contributed by atoms with van der Waals surface area (Å²) in [6.07, 6.45) is 1.04. The Morgan fingerprint density at radius 3 is 2.54 bits per heavy atom. The van der Waals surface area contributed by atoms with Gasteiger partial charge in [-0.1, -0.05) is 43.6 Å². The van der Waals surface area contributed by atoms with Crippen LogP contribution >= 0.6 is 24.0 Å². The summed E-state index contributed by atoms with van der Waals surface area (Å²) in [5.41, 5.74) is 9.44. The van der Waals surface area contributed by atoms with Crippen LogP contribution in [0.25, 0.3) is 0 Å². The van der Waals surface area contributed by atoms with Crippen molar-refractivity contribution in [3.63, 3.8) is 0 Å². The lowest BCUT2D eigenvalue weighted by Crippen LogP contribution is -2.36. The maximum Gasteiger partial charge on any atom is 0.241 e. The van der Waals surface area contributed by atoms with E-state index in [2.05, 4.69) is 5.32 Å². The molecule has 0 bridgehead atoms. The fraction of sp³-hybridized carbons (Fsp3) is 0.333. The maximum atomic E-state index is 12.3. The van der Waals surface area contributed by atoms with Crippen LogP contribution in [-0.2, 0) is 22.6 Å². The van der Waals surface area contributed by atoms with Crippen LogP contribution in [0, 0.1) is 5.92 Å². The SMILES string of the molecule is CC(C)C[C@H](N)C(=O)Nc1ccc(CN2C(=O)Cc3ccc(Cl)cc32)cc1.Cl. The number of anilines is 2. The molecule has 7 heteroatoms. The molecule has 0 spiro atoms. The predicted octanol–water partition coefficient (Wildman–Crippen LogP) is 4.16. The van der Waals surface area contributed by atoms with Gasteiger partial charge in [-0.05, 0) is 47.7 Å². The maximum absolute atomic E-state index is 12.3. The third kappa shape index (κ3) is 5.25. The lowest BCUT2D eigenvalue weighted by Gasteiger charge is -2.18. The van der Waals surface area contributed by atoms with Crippen LogP contribution in [0.2, 0.25) is 5.02 Å². The van der Waals surface area contributed by atoms with Crippen LogP contribution in [0.5, 0.6) is 0 Å². The fourth-order valence-corrected chi connectivity index (χ4v) is 3.40. The van der Waals surface area contributed by atoms with Gasteiger partial charge in [0.1, 0.15) is 0 Å². The summed E-state index contributed by atoms with van der Waals surface area (Å²) in [6, 6.07) is 12.5. The predicted molar refractivity (Wildman–Crippen MR) is 116 cm³/mol. The molecular formula is C21H25Cl2N3O2. The van der Waals surface area contributed by atoms with Crippen molar-refractivity contribution in [2.45, 2.75) is 39.3 Å². The minimum absolute atomic E-state index is 0. The average Bonchev–Trinajstić information content (AvgIpc) is 2.91. The van der Waals surface area contributed by atoms with E-state index in [1.54, 1.807) is 11.0 Å². The minimum atomic E-state index is -0.520. The number of carbonyl (C=O) groups excluding carboxylic acids is 2. The molecule has 2 aromatic rings. The van der Waals surface area contributed by atoms with E-state index in [-0.39, 0.29) is 24.2 Å². The Kier molecular flexibility index (Phi) is 7.47. The second-order valence-corrected chi connectivity index (χ2v) is 7.79. The summed E-state index contributed by atoms with van der Waals surface area (Å²) in [4.78, 5) is 26.2. The monoisotopic (exact) mass is 421 g/mol.